The summed E-state index contributed by atoms with van der Waals surface area (Å²) in [6.07, 6.45) is 11.7. The molecule has 1 unspecified atom stereocenters. The van der Waals surface area contributed by atoms with Crippen LogP contribution in [0.15, 0.2) is 0 Å². The van der Waals surface area contributed by atoms with Gasteiger partial charge in [-0.25, -0.2) is 0 Å². The molecule has 0 heterocycles. The van der Waals surface area contributed by atoms with E-state index in [2.05, 4.69) is 12.2 Å². The van der Waals surface area contributed by atoms with E-state index in [-0.39, 0.29) is 0 Å². The van der Waals surface area contributed by atoms with Crippen molar-refractivity contribution in [1.82, 2.24) is 5.32 Å². The predicted octanol–water partition coefficient (Wildman–Crippen LogP) is 3.10. The molecule has 2 aliphatic rings. The fraction of sp³-hybridized carbons (Fsp3) is 1.00. The molecule has 2 fully saturated rings. The van der Waals surface area contributed by atoms with E-state index in [1.54, 1.807) is 0 Å². The van der Waals surface area contributed by atoms with Crippen molar-refractivity contribution < 1.29 is 0 Å². The molecule has 0 aliphatic heterocycles. The van der Waals surface area contributed by atoms with Crippen LogP contribution in [0, 0.1) is 5.92 Å². The van der Waals surface area contributed by atoms with Crippen LogP contribution < -0.4 is 5.32 Å². The third-order valence-electron chi connectivity index (χ3n) is 3.96. The zero-order chi connectivity index (χ0) is 9.10. The molecule has 0 aromatic heterocycles. The van der Waals surface area contributed by atoms with Crippen LogP contribution in [0.5, 0.6) is 0 Å². The summed E-state index contributed by atoms with van der Waals surface area (Å²) >= 11 is 0. The van der Waals surface area contributed by atoms with Gasteiger partial charge in [0.25, 0.3) is 0 Å². The Labute approximate surface area is 82.3 Å². The van der Waals surface area contributed by atoms with Gasteiger partial charge in [-0.15, -0.1) is 0 Å². The Morgan fingerprint density at radius 2 is 1.46 bits per heavy atom. The molecule has 1 nitrogen and oxygen atoms in total. The molecule has 0 radical (unpaired) electrons. The van der Waals surface area contributed by atoms with Gasteiger partial charge in [-0.3, -0.25) is 0 Å². The fourth-order valence-electron chi connectivity index (χ4n) is 3.06. The molecule has 1 atom stereocenters. The first-order valence-electron chi connectivity index (χ1n) is 6.12. The summed E-state index contributed by atoms with van der Waals surface area (Å²) in [6.45, 7) is 2.40. The second kappa shape index (κ2) is 4.45. The minimum atomic E-state index is 0.783. The van der Waals surface area contributed by atoms with Gasteiger partial charge in [0.05, 0.1) is 0 Å². The van der Waals surface area contributed by atoms with E-state index < -0.39 is 0 Å². The van der Waals surface area contributed by atoms with E-state index in [1.165, 1.54) is 51.4 Å². The highest BCUT2D eigenvalue weighted by atomic mass is 15.0. The Bertz CT molecular complexity index is 143. The SMILES string of the molecule is CC(NC1CCCC1)C1CCCC1. The topological polar surface area (TPSA) is 12.0 Å². The molecule has 2 rings (SSSR count). The van der Waals surface area contributed by atoms with Gasteiger partial charge in [0.1, 0.15) is 0 Å². The molecule has 0 amide bonds. The zero-order valence-electron chi connectivity index (χ0n) is 8.89. The molecular formula is C12H23N. The van der Waals surface area contributed by atoms with Crippen molar-refractivity contribution in [2.24, 2.45) is 5.92 Å². The summed E-state index contributed by atoms with van der Waals surface area (Å²) in [5.74, 6) is 0.987. The molecular weight excluding hydrogens is 158 g/mol. The van der Waals surface area contributed by atoms with Gasteiger partial charge >= 0.3 is 0 Å². The lowest BCUT2D eigenvalue weighted by Gasteiger charge is -2.24. The van der Waals surface area contributed by atoms with E-state index in [9.17, 15) is 0 Å². The lowest BCUT2D eigenvalue weighted by molar-refractivity contribution is 0.342. The number of hydrogen-bond donors (Lipinski definition) is 1. The first-order chi connectivity index (χ1) is 6.36. The van der Waals surface area contributed by atoms with Crippen LogP contribution >= 0.6 is 0 Å². The second-order valence-corrected chi connectivity index (χ2v) is 4.98. The fourth-order valence-corrected chi connectivity index (χ4v) is 3.06. The molecule has 0 spiro atoms. The van der Waals surface area contributed by atoms with Crippen LogP contribution in [-0.2, 0) is 0 Å². The summed E-state index contributed by atoms with van der Waals surface area (Å²) in [6, 6.07) is 1.64. The lowest BCUT2D eigenvalue weighted by Crippen LogP contribution is -2.38. The third kappa shape index (κ3) is 2.46. The summed E-state index contributed by atoms with van der Waals surface area (Å²) in [5, 5.41) is 3.82. The third-order valence-corrected chi connectivity index (χ3v) is 3.96. The minimum Gasteiger partial charge on any atom is -0.311 e. The maximum Gasteiger partial charge on any atom is 0.00696 e. The molecule has 76 valence electrons. The Balaban J connectivity index is 1.73. The van der Waals surface area contributed by atoms with Crippen molar-refractivity contribution in [1.29, 1.82) is 0 Å². The standard InChI is InChI=1S/C12H23N/c1-10(11-6-2-3-7-11)13-12-8-4-5-9-12/h10-13H,2-9H2,1H3. The van der Waals surface area contributed by atoms with Gasteiger partial charge in [-0.2, -0.15) is 0 Å². The Kier molecular flexibility index (Phi) is 3.26. The highest BCUT2D eigenvalue weighted by molar-refractivity contribution is 4.82. The zero-order valence-corrected chi connectivity index (χ0v) is 8.89. The summed E-state index contributed by atoms with van der Waals surface area (Å²) in [4.78, 5) is 0. The van der Waals surface area contributed by atoms with Crippen LogP contribution in [-0.4, -0.2) is 12.1 Å². The monoisotopic (exact) mass is 181 g/mol. The van der Waals surface area contributed by atoms with E-state index >= 15 is 0 Å². The average Bonchev–Trinajstić information content (AvgIpc) is 2.74. The summed E-state index contributed by atoms with van der Waals surface area (Å²) in [5.41, 5.74) is 0. The summed E-state index contributed by atoms with van der Waals surface area (Å²) in [7, 11) is 0. The van der Waals surface area contributed by atoms with Crippen LogP contribution in [0.25, 0.3) is 0 Å². The van der Waals surface area contributed by atoms with Crippen LogP contribution in [0.3, 0.4) is 0 Å². The van der Waals surface area contributed by atoms with Crippen molar-refractivity contribution >= 4 is 0 Å². The molecule has 0 saturated heterocycles. The highest BCUT2D eigenvalue weighted by Crippen LogP contribution is 2.29. The van der Waals surface area contributed by atoms with Crippen molar-refractivity contribution in [3.63, 3.8) is 0 Å². The molecule has 0 aromatic rings. The molecule has 0 bridgehead atoms. The molecule has 1 N–H and O–H groups in total. The maximum absolute atomic E-state index is 3.82. The normalized spacial score (nSPS) is 28.4. The smallest absolute Gasteiger partial charge is 0.00696 e. The van der Waals surface area contributed by atoms with Gasteiger partial charge in [-0.1, -0.05) is 25.7 Å². The van der Waals surface area contributed by atoms with Gasteiger partial charge in [0, 0.05) is 12.1 Å². The van der Waals surface area contributed by atoms with E-state index in [4.69, 9.17) is 0 Å². The minimum absolute atomic E-state index is 0.783. The van der Waals surface area contributed by atoms with Crippen LogP contribution in [0.4, 0.5) is 0 Å². The number of rotatable bonds is 3. The Morgan fingerprint density at radius 1 is 0.923 bits per heavy atom. The molecule has 2 saturated carbocycles. The van der Waals surface area contributed by atoms with Gasteiger partial charge in [0.2, 0.25) is 0 Å². The van der Waals surface area contributed by atoms with Crippen LogP contribution in [0.2, 0.25) is 0 Å². The average molecular weight is 181 g/mol. The van der Waals surface area contributed by atoms with Gasteiger partial charge in [-0.05, 0) is 38.5 Å². The molecule has 1 heteroatoms. The quantitative estimate of drug-likeness (QED) is 0.705. The molecule has 2 aliphatic carbocycles. The highest BCUT2D eigenvalue weighted by Gasteiger charge is 2.24. The maximum atomic E-state index is 3.82. The predicted molar refractivity (Wildman–Crippen MR) is 56.8 cm³/mol. The van der Waals surface area contributed by atoms with Gasteiger partial charge < -0.3 is 5.32 Å². The number of hydrogen-bond acceptors (Lipinski definition) is 1. The molecule has 0 aromatic carbocycles. The van der Waals surface area contributed by atoms with E-state index in [0.29, 0.717) is 0 Å². The summed E-state index contributed by atoms with van der Waals surface area (Å²) < 4.78 is 0. The molecule has 13 heavy (non-hydrogen) atoms. The van der Waals surface area contributed by atoms with Gasteiger partial charge in [0.15, 0.2) is 0 Å². The first kappa shape index (κ1) is 9.51. The van der Waals surface area contributed by atoms with Crippen molar-refractivity contribution in [3.8, 4) is 0 Å². The van der Waals surface area contributed by atoms with Crippen molar-refractivity contribution in [2.75, 3.05) is 0 Å². The second-order valence-electron chi connectivity index (χ2n) is 4.98. The lowest BCUT2D eigenvalue weighted by atomic mass is 9.99. The Morgan fingerprint density at radius 3 is 2.08 bits per heavy atom. The van der Waals surface area contributed by atoms with E-state index in [1.807, 2.05) is 0 Å². The van der Waals surface area contributed by atoms with Crippen molar-refractivity contribution in [3.05, 3.63) is 0 Å². The van der Waals surface area contributed by atoms with Crippen molar-refractivity contribution in [2.45, 2.75) is 70.4 Å². The van der Waals surface area contributed by atoms with E-state index in [0.717, 1.165) is 18.0 Å². The first-order valence-corrected chi connectivity index (χ1v) is 6.12. The Hall–Kier alpha value is -0.0400. The van der Waals surface area contributed by atoms with Crippen LogP contribution in [0.1, 0.15) is 58.3 Å². The number of nitrogens with one attached hydrogen (secondary N) is 1. The largest absolute Gasteiger partial charge is 0.311 e.